The van der Waals surface area contributed by atoms with Gasteiger partial charge in [0.05, 0.1) is 13.7 Å². The van der Waals surface area contributed by atoms with E-state index in [9.17, 15) is 15.0 Å². The van der Waals surface area contributed by atoms with Crippen LogP contribution in [0, 0.1) is 12.3 Å². The van der Waals surface area contributed by atoms with Gasteiger partial charge in [0.15, 0.2) is 11.5 Å². The third-order valence-corrected chi connectivity index (χ3v) is 2.73. The number of hydrogen-bond donors (Lipinski definition) is 3. The highest BCUT2D eigenvalue weighted by atomic mass is 16.5. The standard InChI is InChI=1S/C13H15NO4/c1-4-7-14-13(2,12(16)17)9-5-6-10(15)11(8-9)18-3/h1,5-6,8,14-15H,7H2,2-3H3,(H,16,17). The molecular formula is C13H15NO4. The fourth-order valence-corrected chi connectivity index (χ4v) is 1.52. The zero-order valence-corrected chi connectivity index (χ0v) is 10.2. The molecule has 96 valence electrons. The Hall–Kier alpha value is -2.19. The van der Waals surface area contributed by atoms with Gasteiger partial charge >= 0.3 is 5.97 Å². The Bertz CT molecular complexity index is 492. The van der Waals surface area contributed by atoms with Gasteiger partial charge in [0.1, 0.15) is 5.54 Å². The number of aromatic hydroxyl groups is 1. The maximum Gasteiger partial charge on any atom is 0.328 e. The van der Waals surface area contributed by atoms with Crippen LogP contribution in [-0.2, 0) is 10.3 Å². The van der Waals surface area contributed by atoms with E-state index in [-0.39, 0.29) is 18.0 Å². The molecule has 0 aliphatic heterocycles. The molecule has 0 saturated heterocycles. The number of nitrogens with one attached hydrogen (secondary N) is 1. The molecule has 1 aromatic rings. The van der Waals surface area contributed by atoms with Crippen LogP contribution in [0.3, 0.4) is 0 Å². The number of ether oxygens (including phenoxy) is 1. The van der Waals surface area contributed by atoms with Gasteiger partial charge in [-0.1, -0.05) is 12.0 Å². The third-order valence-electron chi connectivity index (χ3n) is 2.73. The highest BCUT2D eigenvalue weighted by Gasteiger charge is 2.35. The molecule has 0 saturated carbocycles. The zero-order valence-electron chi connectivity index (χ0n) is 10.2. The number of methoxy groups -OCH3 is 1. The van der Waals surface area contributed by atoms with E-state index in [0.29, 0.717) is 5.56 Å². The first-order valence-electron chi connectivity index (χ1n) is 5.25. The van der Waals surface area contributed by atoms with Crippen LogP contribution in [0.5, 0.6) is 11.5 Å². The SMILES string of the molecule is C#CCNC(C)(C(=O)O)c1ccc(O)c(OC)c1. The minimum atomic E-state index is -1.34. The highest BCUT2D eigenvalue weighted by Crippen LogP contribution is 2.31. The van der Waals surface area contributed by atoms with Crippen LogP contribution in [0.4, 0.5) is 0 Å². The minimum absolute atomic E-state index is 0.0501. The van der Waals surface area contributed by atoms with Crippen LogP contribution in [0.1, 0.15) is 12.5 Å². The fourth-order valence-electron chi connectivity index (χ4n) is 1.52. The molecule has 1 atom stereocenters. The third kappa shape index (κ3) is 2.55. The molecule has 0 heterocycles. The monoisotopic (exact) mass is 249 g/mol. The molecule has 5 heteroatoms. The fraction of sp³-hybridized carbons (Fsp3) is 0.308. The second kappa shape index (κ2) is 5.43. The average molecular weight is 249 g/mol. The maximum atomic E-state index is 11.4. The second-order valence-electron chi connectivity index (χ2n) is 3.87. The van der Waals surface area contributed by atoms with Crippen molar-refractivity contribution in [3.8, 4) is 23.8 Å². The highest BCUT2D eigenvalue weighted by molar-refractivity contribution is 5.80. The summed E-state index contributed by atoms with van der Waals surface area (Å²) in [5.74, 6) is 1.43. The van der Waals surface area contributed by atoms with Gasteiger partial charge in [-0.05, 0) is 24.6 Å². The van der Waals surface area contributed by atoms with E-state index in [0.717, 1.165) is 0 Å². The Morgan fingerprint density at radius 2 is 2.28 bits per heavy atom. The number of hydrogen-bond acceptors (Lipinski definition) is 4. The molecule has 0 bridgehead atoms. The maximum absolute atomic E-state index is 11.4. The van der Waals surface area contributed by atoms with Gasteiger partial charge in [-0.15, -0.1) is 6.42 Å². The summed E-state index contributed by atoms with van der Waals surface area (Å²) in [4.78, 5) is 11.4. The number of rotatable bonds is 5. The van der Waals surface area contributed by atoms with Gasteiger partial charge in [-0.25, -0.2) is 4.79 Å². The van der Waals surface area contributed by atoms with Gasteiger partial charge in [0.2, 0.25) is 0 Å². The van der Waals surface area contributed by atoms with Gasteiger partial charge in [-0.2, -0.15) is 0 Å². The summed E-state index contributed by atoms with van der Waals surface area (Å²) >= 11 is 0. The number of phenols is 1. The summed E-state index contributed by atoms with van der Waals surface area (Å²) in [5.41, 5.74) is -0.896. The number of benzene rings is 1. The van der Waals surface area contributed by atoms with Crippen molar-refractivity contribution in [1.82, 2.24) is 5.32 Å². The predicted octanol–water partition coefficient (Wildman–Crippen LogP) is 0.923. The normalized spacial score (nSPS) is 13.4. The Labute approximate surface area is 105 Å². The van der Waals surface area contributed by atoms with Crippen molar-refractivity contribution in [2.75, 3.05) is 13.7 Å². The van der Waals surface area contributed by atoms with Crippen LogP contribution in [0.2, 0.25) is 0 Å². The summed E-state index contributed by atoms with van der Waals surface area (Å²) in [7, 11) is 1.39. The van der Waals surface area contributed by atoms with E-state index in [1.54, 1.807) is 0 Å². The van der Waals surface area contributed by atoms with Crippen molar-refractivity contribution >= 4 is 5.97 Å². The van der Waals surface area contributed by atoms with Crippen molar-refractivity contribution < 1.29 is 19.7 Å². The molecule has 0 aromatic heterocycles. The van der Waals surface area contributed by atoms with Crippen LogP contribution in [0.25, 0.3) is 0 Å². The van der Waals surface area contributed by atoms with E-state index in [1.165, 1.54) is 32.2 Å². The Kier molecular flexibility index (Phi) is 4.18. The quantitative estimate of drug-likeness (QED) is 0.676. The lowest BCUT2D eigenvalue weighted by Crippen LogP contribution is -2.46. The Morgan fingerprint density at radius 3 is 2.78 bits per heavy atom. The van der Waals surface area contributed by atoms with Crippen LogP contribution in [-0.4, -0.2) is 29.8 Å². The molecule has 0 amide bonds. The molecule has 1 unspecified atom stereocenters. The predicted molar refractivity (Wildman–Crippen MR) is 66.5 cm³/mol. The Morgan fingerprint density at radius 1 is 1.61 bits per heavy atom. The van der Waals surface area contributed by atoms with Crippen LogP contribution in [0.15, 0.2) is 18.2 Å². The Balaban J connectivity index is 3.22. The molecule has 1 aromatic carbocycles. The van der Waals surface area contributed by atoms with Gasteiger partial charge in [-0.3, -0.25) is 5.32 Å². The molecule has 1 rings (SSSR count). The second-order valence-corrected chi connectivity index (χ2v) is 3.87. The molecule has 0 radical (unpaired) electrons. The first-order chi connectivity index (χ1) is 8.45. The molecule has 0 fully saturated rings. The van der Waals surface area contributed by atoms with E-state index >= 15 is 0 Å². The molecule has 0 spiro atoms. The summed E-state index contributed by atoms with van der Waals surface area (Å²) in [5, 5.41) is 21.6. The topological polar surface area (TPSA) is 78.8 Å². The number of carboxylic acids is 1. The first-order valence-corrected chi connectivity index (χ1v) is 5.25. The van der Waals surface area contributed by atoms with E-state index < -0.39 is 11.5 Å². The zero-order chi connectivity index (χ0) is 13.8. The molecule has 5 nitrogen and oxygen atoms in total. The number of carbonyl (C=O) groups is 1. The lowest BCUT2D eigenvalue weighted by molar-refractivity contribution is -0.144. The molecule has 3 N–H and O–H groups in total. The summed E-state index contributed by atoms with van der Waals surface area (Å²) in [6.45, 7) is 1.62. The molecule has 0 aliphatic rings. The minimum Gasteiger partial charge on any atom is -0.504 e. The lowest BCUT2D eigenvalue weighted by atomic mass is 9.91. The summed E-state index contributed by atoms with van der Waals surface area (Å²) in [6, 6.07) is 4.36. The van der Waals surface area contributed by atoms with E-state index in [1.807, 2.05) is 0 Å². The van der Waals surface area contributed by atoms with Crippen LogP contribution < -0.4 is 10.1 Å². The number of phenolic OH excluding ortho intramolecular Hbond substituents is 1. The van der Waals surface area contributed by atoms with Gasteiger partial charge < -0.3 is 14.9 Å². The van der Waals surface area contributed by atoms with Crippen LogP contribution >= 0.6 is 0 Å². The number of terminal acetylenes is 1. The molecular weight excluding hydrogens is 234 g/mol. The molecule has 18 heavy (non-hydrogen) atoms. The van der Waals surface area contributed by atoms with Crippen molar-refractivity contribution in [3.63, 3.8) is 0 Å². The van der Waals surface area contributed by atoms with E-state index in [2.05, 4.69) is 11.2 Å². The van der Waals surface area contributed by atoms with E-state index in [4.69, 9.17) is 11.2 Å². The van der Waals surface area contributed by atoms with Gasteiger partial charge in [0.25, 0.3) is 0 Å². The van der Waals surface area contributed by atoms with Crippen molar-refractivity contribution in [2.45, 2.75) is 12.5 Å². The number of carboxylic acid groups (broad SMARTS) is 1. The van der Waals surface area contributed by atoms with Crippen molar-refractivity contribution in [1.29, 1.82) is 0 Å². The van der Waals surface area contributed by atoms with Gasteiger partial charge in [0, 0.05) is 0 Å². The summed E-state index contributed by atoms with van der Waals surface area (Å²) < 4.78 is 4.95. The van der Waals surface area contributed by atoms with Crippen molar-refractivity contribution in [2.24, 2.45) is 0 Å². The van der Waals surface area contributed by atoms with Crippen molar-refractivity contribution in [3.05, 3.63) is 23.8 Å². The molecule has 0 aliphatic carbocycles. The lowest BCUT2D eigenvalue weighted by Gasteiger charge is -2.26. The largest absolute Gasteiger partial charge is 0.504 e. The number of aliphatic carboxylic acids is 1. The summed E-state index contributed by atoms with van der Waals surface area (Å²) in [6.07, 6.45) is 5.12. The smallest absolute Gasteiger partial charge is 0.328 e. The first kappa shape index (κ1) is 13.9. The average Bonchev–Trinajstić information content (AvgIpc) is 2.36.